The SMILES string of the molecule is [C-]#[N+]c1ccc(Oc2ccc(C(=O)NCCCC(=O)c3ccc(OC4CCC(C(=O)O)CC4)cc3)cc2)cc1. The van der Waals surface area contributed by atoms with Gasteiger partial charge in [-0.3, -0.25) is 14.4 Å². The zero-order valence-corrected chi connectivity index (χ0v) is 21.5. The lowest BCUT2D eigenvalue weighted by atomic mass is 9.87. The molecule has 0 unspecified atom stereocenters. The summed E-state index contributed by atoms with van der Waals surface area (Å²) in [6.07, 6.45) is 3.47. The van der Waals surface area contributed by atoms with Gasteiger partial charge in [0.1, 0.15) is 17.2 Å². The Balaban J connectivity index is 1.16. The van der Waals surface area contributed by atoms with E-state index in [0.29, 0.717) is 79.1 Å². The number of amides is 1. The summed E-state index contributed by atoms with van der Waals surface area (Å²) in [4.78, 5) is 39.4. The zero-order chi connectivity index (χ0) is 27.6. The van der Waals surface area contributed by atoms with Crippen molar-refractivity contribution in [2.75, 3.05) is 6.54 Å². The average Bonchev–Trinajstić information content (AvgIpc) is 2.96. The van der Waals surface area contributed by atoms with Crippen LogP contribution in [-0.2, 0) is 4.79 Å². The van der Waals surface area contributed by atoms with E-state index in [1.807, 2.05) is 0 Å². The Morgan fingerprint density at radius 3 is 1.97 bits per heavy atom. The number of ketones is 1. The van der Waals surface area contributed by atoms with Crippen molar-refractivity contribution in [2.45, 2.75) is 44.6 Å². The number of nitrogens with one attached hydrogen (secondary N) is 1. The largest absolute Gasteiger partial charge is 0.490 e. The highest BCUT2D eigenvalue weighted by atomic mass is 16.5. The predicted molar refractivity (Wildman–Crippen MR) is 146 cm³/mol. The van der Waals surface area contributed by atoms with Gasteiger partial charge in [0.2, 0.25) is 0 Å². The predicted octanol–water partition coefficient (Wildman–Crippen LogP) is 6.44. The van der Waals surface area contributed by atoms with Crippen LogP contribution in [0.1, 0.15) is 59.2 Å². The van der Waals surface area contributed by atoms with Crippen LogP contribution in [0.15, 0.2) is 72.8 Å². The zero-order valence-electron chi connectivity index (χ0n) is 21.5. The first-order valence-electron chi connectivity index (χ1n) is 13.0. The van der Waals surface area contributed by atoms with E-state index in [-0.39, 0.29) is 23.7 Å². The second kappa shape index (κ2) is 13.2. The lowest BCUT2D eigenvalue weighted by molar-refractivity contribution is -0.143. The van der Waals surface area contributed by atoms with Gasteiger partial charge in [0.15, 0.2) is 11.5 Å². The third-order valence-electron chi connectivity index (χ3n) is 6.69. The molecule has 0 saturated heterocycles. The van der Waals surface area contributed by atoms with Crippen molar-refractivity contribution in [3.05, 3.63) is 95.3 Å². The monoisotopic (exact) mass is 526 g/mol. The number of carbonyl (C=O) groups excluding carboxylic acids is 2. The molecule has 0 atom stereocenters. The second-order valence-corrected chi connectivity index (χ2v) is 9.47. The topological polar surface area (TPSA) is 106 Å². The Kier molecular flexibility index (Phi) is 9.30. The van der Waals surface area contributed by atoms with Crippen molar-refractivity contribution >= 4 is 23.3 Å². The molecule has 39 heavy (non-hydrogen) atoms. The molecule has 0 bridgehead atoms. The van der Waals surface area contributed by atoms with Gasteiger partial charge in [-0.2, -0.15) is 0 Å². The molecule has 0 aromatic heterocycles. The number of carboxylic acid groups (broad SMARTS) is 1. The molecule has 1 aliphatic rings. The van der Waals surface area contributed by atoms with E-state index >= 15 is 0 Å². The third-order valence-corrected chi connectivity index (χ3v) is 6.69. The number of rotatable bonds is 11. The number of aliphatic carboxylic acids is 1. The van der Waals surface area contributed by atoms with Crippen LogP contribution in [0.2, 0.25) is 0 Å². The number of nitrogens with zero attached hydrogens (tertiary/aromatic N) is 1. The minimum absolute atomic E-state index is 0.00188. The van der Waals surface area contributed by atoms with Crippen LogP contribution < -0.4 is 14.8 Å². The van der Waals surface area contributed by atoms with E-state index in [0.717, 1.165) is 0 Å². The molecule has 0 spiro atoms. The Labute approximate surface area is 227 Å². The molecule has 200 valence electrons. The summed E-state index contributed by atoms with van der Waals surface area (Å²) in [5, 5.41) is 11.9. The molecule has 8 nitrogen and oxygen atoms in total. The summed E-state index contributed by atoms with van der Waals surface area (Å²) >= 11 is 0. The highest BCUT2D eigenvalue weighted by Gasteiger charge is 2.26. The summed E-state index contributed by atoms with van der Waals surface area (Å²) in [5.74, 6) is 0.598. The third kappa shape index (κ3) is 7.92. The Morgan fingerprint density at radius 1 is 0.821 bits per heavy atom. The van der Waals surface area contributed by atoms with Gasteiger partial charge in [-0.05, 0) is 92.8 Å². The van der Waals surface area contributed by atoms with E-state index < -0.39 is 5.97 Å². The lowest BCUT2D eigenvalue weighted by Crippen LogP contribution is -2.27. The van der Waals surface area contributed by atoms with Gasteiger partial charge in [-0.15, -0.1) is 0 Å². The molecule has 1 amide bonds. The van der Waals surface area contributed by atoms with Crippen LogP contribution in [0.25, 0.3) is 4.85 Å². The average molecular weight is 527 g/mol. The molecule has 0 radical (unpaired) electrons. The minimum Gasteiger partial charge on any atom is -0.490 e. The van der Waals surface area contributed by atoms with E-state index in [2.05, 4.69) is 10.2 Å². The maximum atomic E-state index is 12.5. The maximum absolute atomic E-state index is 12.5. The first kappa shape index (κ1) is 27.4. The van der Waals surface area contributed by atoms with Gasteiger partial charge in [0, 0.05) is 24.1 Å². The van der Waals surface area contributed by atoms with Crippen LogP contribution in [-0.4, -0.2) is 35.4 Å². The molecule has 8 heteroatoms. The molecular formula is C31H30N2O6. The van der Waals surface area contributed by atoms with Gasteiger partial charge < -0.3 is 19.9 Å². The number of benzene rings is 3. The van der Waals surface area contributed by atoms with E-state index in [4.69, 9.17) is 21.2 Å². The fourth-order valence-electron chi connectivity index (χ4n) is 4.44. The van der Waals surface area contributed by atoms with Gasteiger partial charge in [-0.25, -0.2) is 4.85 Å². The van der Waals surface area contributed by atoms with Crippen LogP contribution in [0, 0.1) is 12.5 Å². The maximum Gasteiger partial charge on any atom is 0.306 e. The van der Waals surface area contributed by atoms with Crippen LogP contribution in [0.4, 0.5) is 5.69 Å². The normalized spacial score (nSPS) is 16.5. The van der Waals surface area contributed by atoms with Crippen molar-refractivity contribution in [1.82, 2.24) is 5.32 Å². The quantitative estimate of drug-likeness (QED) is 0.169. The van der Waals surface area contributed by atoms with Crippen molar-refractivity contribution in [1.29, 1.82) is 0 Å². The fourth-order valence-corrected chi connectivity index (χ4v) is 4.44. The number of Topliss-reactive ketones (excluding diaryl/α,β-unsaturated/α-hetero) is 1. The van der Waals surface area contributed by atoms with Crippen LogP contribution >= 0.6 is 0 Å². The molecule has 1 saturated carbocycles. The highest BCUT2D eigenvalue weighted by molar-refractivity contribution is 5.96. The van der Waals surface area contributed by atoms with Crippen LogP contribution in [0.3, 0.4) is 0 Å². The first-order valence-corrected chi connectivity index (χ1v) is 13.0. The fraction of sp³-hybridized carbons (Fsp3) is 0.290. The standard InChI is InChI=1S/C31H30N2O6/c1-32-24-10-18-28(19-11-24)39-26-14-6-22(7-15-26)30(35)33-20-2-3-29(34)21-4-12-25(13-5-21)38-27-16-8-23(9-17-27)31(36)37/h4-7,10-15,18-19,23,27H,2-3,8-9,16-17,20H2,(H,33,35)(H,36,37). The molecule has 0 aliphatic heterocycles. The van der Waals surface area contributed by atoms with Crippen molar-refractivity contribution < 1.29 is 29.0 Å². The molecule has 1 fully saturated rings. The van der Waals surface area contributed by atoms with Gasteiger partial charge in [0.05, 0.1) is 18.6 Å². The molecule has 2 N–H and O–H groups in total. The summed E-state index contributed by atoms with van der Waals surface area (Å²) in [5.41, 5.74) is 1.61. The first-order chi connectivity index (χ1) is 18.9. The number of hydrogen-bond acceptors (Lipinski definition) is 5. The Morgan fingerprint density at radius 2 is 1.38 bits per heavy atom. The number of carboxylic acids is 1. The summed E-state index contributed by atoms with van der Waals surface area (Å²) < 4.78 is 11.7. The Hall–Kier alpha value is -4.64. The Bertz CT molecular complexity index is 1320. The van der Waals surface area contributed by atoms with Gasteiger partial charge >= 0.3 is 5.97 Å². The van der Waals surface area contributed by atoms with Crippen molar-refractivity contribution in [3.8, 4) is 17.2 Å². The number of carbonyl (C=O) groups is 3. The summed E-state index contributed by atoms with van der Waals surface area (Å²) in [6.45, 7) is 7.36. The molecule has 0 heterocycles. The van der Waals surface area contributed by atoms with Gasteiger partial charge in [-0.1, -0.05) is 12.1 Å². The van der Waals surface area contributed by atoms with E-state index in [1.54, 1.807) is 72.8 Å². The highest BCUT2D eigenvalue weighted by Crippen LogP contribution is 2.28. The summed E-state index contributed by atoms with van der Waals surface area (Å²) in [6, 6.07) is 20.6. The molecular weight excluding hydrogens is 496 g/mol. The molecule has 3 aromatic rings. The minimum atomic E-state index is -0.738. The van der Waals surface area contributed by atoms with Crippen LogP contribution in [0.5, 0.6) is 17.2 Å². The molecule has 4 rings (SSSR count). The van der Waals surface area contributed by atoms with Crippen molar-refractivity contribution in [3.63, 3.8) is 0 Å². The second-order valence-electron chi connectivity index (χ2n) is 9.47. The summed E-state index contributed by atoms with van der Waals surface area (Å²) in [7, 11) is 0. The molecule has 3 aromatic carbocycles. The number of hydrogen-bond donors (Lipinski definition) is 2. The smallest absolute Gasteiger partial charge is 0.306 e. The number of ether oxygens (including phenoxy) is 2. The lowest BCUT2D eigenvalue weighted by Gasteiger charge is -2.26. The van der Waals surface area contributed by atoms with Gasteiger partial charge in [0.25, 0.3) is 5.91 Å². The molecule has 1 aliphatic carbocycles. The van der Waals surface area contributed by atoms with E-state index in [1.165, 1.54) is 0 Å². The van der Waals surface area contributed by atoms with E-state index in [9.17, 15) is 14.4 Å². The van der Waals surface area contributed by atoms with Crippen molar-refractivity contribution in [2.24, 2.45) is 5.92 Å².